The molecule has 0 aliphatic rings. The molecule has 4 heteroatoms. The van der Waals surface area contributed by atoms with Gasteiger partial charge in [-0.05, 0) is 0 Å². The number of hydrogen-bond donors (Lipinski definition) is 2. The third-order valence-electron chi connectivity index (χ3n) is 0.381. The molecule has 0 saturated carbocycles. The van der Waals surface area contributed by atoms with Gasteiger partial charge in [0.2, 0.25) is 6.29 Å². The molecule has 0 bridgehead atoms. The van der Waals surface area contributed by atoms with Gasteiger partial charge < -0.3 is 10.8 Å². The van der Waals surface area contributed by atoms with Gasteiger partial charge in [0.05, 0.1) is 0 Å². The van der Waals surface area contributed by atoms with Gasteiger partial charge in [-0.15, -0.1) is 0 Å². The first kappa shape index (κ1) is 6.10. The van der Waals surface area contributed by atoms with Crippen molar-refractivity contribution in [1.82, 2.24) is 0 Å². The van der Waals surface area contributed by atoms with Gasteiger partial charge in [0, 0.05) is 0 Å². The number of hydrogen-bond acceptors (Lipinski definition) is 3. The van der Waals surface area contributed by atoms with Gasteiger partial charge >= 0.3 is 0 Å². The summed E-state index contributed by atoms with van der Waals surface area (Å²) in [6, 6.07) is 0. The van der Waals surface area contributed by atoms with Crippen LogP contribution in [0.5, 0.6) is 0 Å². The van der Waals surface area contributed by atoms with Crippen LogP contribution in [-0.4, -0.2) is 23.4 Å². The van der Waals surface area contributed by atoms with Gasteiger partial charge in [0.15, 0.2) is 6.10 Å². The van der Waals surface area contributed by atoms with Crippen LogP contribution in [0.4, 0.5) is 0 Å². The second-order valence-corrected chi connectivity index (χ2v) is 0.923. The van der Waals surface area contributed by atoms with Crippen LogP contribution in [0.2, 0.25) is 0 Å². The number of amides is 1. The molecule has 0 aliphatic carbocycles. The van der Waals surface area contributed by atoms with Crippen molar-refractivity contribution in [3.8, 4) is 0 Å². The summed E-state index contributed by atoms with van der Waals surface area (Å²) in [5.74, 6) is -1.07. The molecule has 3 N–H and O–H groups in total. The fourth-order valence-corrected chi connectivity index (χ4v) is 0.0581. The van der Waals surface area contributed by atoms with Crippen molar-refractivity contribution in [1.29, 1.82) is 0 Å². The van der Waals surface area contributed by atoms with E-state index in [1.54, 1.807) is 0 Å². The van der Waals surface area contributed by atoms with Crippen molar-refractivity contribution in [2.24, 2.45) is 5.73 Å². The lowest BCUT2D eigenvalue weighted by molar-refractivity contribution is -0.123. The summed E-state index contributed by atoms with van der Waals surface area (Å²) in [6.07, 6.45) is -0.769. The number of rotatable bonds is 2. The molecule has 0 aromatic heterocycles. The highest BCUT2D eigenvalue weighted by molar-refractivity contribution is 5.93. The topological polar surface area (TPSA) is 80.4 Å². The molecule has 0 aromatic rings. The van der Waals surface area contributed by atoms with Gasteiger partial charge in [0.1, 0.15) is 0 Å². The molecule has 7 heavy (non-hydrogen) atoms. The van der Waals surface area contributed by atoms with Crippen LogP contribution in [0.15, 0.2) is 0 Å². The number of primary amides is 1. The van der Waals surface area contributed by atoms with Gasteiger partial charge in [-0.3, -0.25) is 9.59 Å². The van der Waals surface area contributed by atoms with E-state index in [1.165, 1.54) is 0 Å². The fraction of sp³-hybridized carbons (Fsp3) is 0.333. The summed E-state index contributed by atoms with van der Waals surface area (Å²) in [6.45, 7) is 0. The molecule has 0 aliphatic heterocycles. The zero-order chi connectivity index (χ0) is 5.86. The van der Waals surface area contributed by atoms with Crippen LogP contribution in [0, 0.1) is 0 Å². The normalized spacial score (nSPS) is 12.7. The average molecular weight is 102 g/mol. The minimum atomic E-state index is -1.76. The van der Waals surface area contributed by atoms with E-state index in [4.69, 9.17) is 5.11 Å². The third kappa shape index (κ3) is 1.88. The number of aliphatic hydroxyl groups is 1. The maximum atomic E-state index is 9.64. The Morgan fingerprint density at radius 1 is 1.86 bits per heavy atom. The Morgan fingerprint density at radius 3 is 2.29 bits per heavy atom. The van der Waals surface area contributed by atoms with E-state index in [2.05, 4.69) is 5.73 Å². The first-order chi connectivity index (χ1) is 3.18. The smallest absolute Gasteiger partial charge is 0.254 e. The zero-order valence-electron chi connectivity index (χ0n) is 3.42. The van der Waals surface area contributed by atoms with Crippen molar-refractivity contribution in [3.05, 3.63) is 0 Å². The molecule has 0 aromatic carbocycles. The Bertz CT molecular complexity index is 90.2. The summed E-state index contributed by atoms with van der Waals surface area (Å²) in [4.78, 5) is 18.9. The van der Waals surface area contributed by atoms with Crippen molar-refractivity contribution in [3.63, 3.8) is 0 Å². The summed E-state index contributed by atoms with van der Waals surface area (Å²) < 4.78 is 0. The number of carbonyl (C=O) groups excluding carboxylic acids is 2. The van der Waals surface area contributed by atoms with Crippen molar-refractivity contribution < 1.29 is 14.7 Å². The van der Waals surface area contributed by atoms with Crippen molar-refractivity contribution in [2.45, 2.75) is 6.10 Å². The predicted octanol–water partition coefficient (Wildman–Crippen LogP) is -2.06. The van der Waals surface area contributed by atoms with Crippen LogP contribution in [0.25, 0.3) is 0 Å². The van der Waals surface area contributed by atoms with Gasteiger partial charge in [-0.1, -0.05) is 0 Å². The van der Waals surface area contributed by atoms with Crippen molar-refractivity contribution >= 4 is 12.2 Å². The first-order valence-corrected chi connectivity index (χ1v) is 1.53. The van der Waals surface area contributed by atoms with Crippen molar-refractivity contribution in [2.75, 3.05) is 0 Å². The number of carbonyl (C=O) groups is 1. The molecule has 1 amide bonds. The monoisotopic (exact) mass is 102 g/mol. The van der Waals surface area contributed by atoms with E-state index in [9.17, 15) is 9.59 Å². The van der Waals surface area contributed by atoms with E-state index < -0.39 is 12.0 Å². The highest BCUT2D eigenvalue weighted by atomic mass is 16.3. The van der Waals surface area contributed by atoms with Gasteiger partial charge in [-0.2, -0.15) is 0 Å². The molecule has 0 heterocycles. The maximum absolute atomic E-state index is 9.64. The molecule has 1 atom stereocenters. The average Bonchev–Trinajstić information content (AvgIpc) is 1.65. The molecule has 1 unspecified atom stereocenters. The summed E-state index contributed by atoms with van der Waals surface area (Å²) >= 11 is 0. The molecular weight excluding hydrogens is 98.0 g/mol. The Balaban J connectivity index is 3.55. The molecular formula is C3H4NO3. The van der Waals surface area contributed by atoms with E-state index in [1.807, 2.05) is 0 Å². The van der Waals surface area contributed by atoms with Gasteiger partial charge in [-0.25, -0.2) is 0 Å². The van der Waals surface area contributed by atoms with E-state index in [0.29, 0.717) is 0 Å². The van der Waals surface area contributed by atoms with E-state index >= 15 is 0 Å². The Morgan fingerprint density at radius 2 is 2.29 bits per heavy atom. The highest BCUT2D eigenvalue weighted by Gasteiger charge is 2.07. The quantitative estimate of drug-likeness (QED) is 0.393. The lowest BCUT2D eigenvalue weighted by Crippen LogP contribution is -2.28. The van der Waals surface area contributed by atoms with Crippen LogP contribution in [0.3, 0.4) is 0 Å². The highest BCUT2D eigenvalue weighted by Crippen LogP contribution is 1.67. The molecule has 4 nitrogen and oxygen atoms in total. The lowest BCUT2D eigenvalue weighted by atomic mass is 10.4. The maximum Gasteiger partial charge on any atom is 0.254 e. The van der Waals surface area contributed by atoms with Gasteiger partial charge in [0.25, 0.3) is 5.91 Å². The SMILES string of the molecule is NC(=O)C(O)[C]=O. The Hall–Kier alpha value is -0.900. The van der Waals surface area contributed by atoms with E-state index in [-0.39, 0.29) is 0 Å². The molecule has 39 valence electrons. The van der Waals surface area contributed by atoms with Crippen LogP contribution in [-0.2, 0) is 9.59 Å². The summed E-state index contributed by atoms with van der Waals surface area (Å²) in [5.41, 5.74) is 4.40. The molecule has 1 radical (unpaired) electrons. The minimum absolute atomic E-state index is 0.995. The number of aliphatic hydroxyl groups excluding tert-OH is 1. The fourth-order valence-electron chi connectivity index (χ4n) is 0.0581. The van der Waals surface area contributed by atoms with Crippen LogP contribution in [0.1, 0.15) is 0 Å². The molecule has 0 spiro atoms. The zero-order valence-corrected chi connectivity index (χ0v) is 3.42. The molecule has 0 rings (SSSR count). The second kappa shape index (κ2) is 2.30. The molecule has 0 saturated heterocycles. The lowest BCUT2D eigenvalue weighted by Gasteiger charge is -1.88. The second-order valence-electron chi connectivity index (χ2n) is 0.923. The summed E-state index contributed by atoms with van der Waals surface area (Å²) in [5, 5.41) is 8.04. The minimum Gasteiger partial charge on any atom is -0.376 e. The van der Waals surface area contributed by atoms with Crippen LogP contribution < -0.4 is 5.73 Å². The third-order valence-corrected chi connectivity index (χ3v) is 0.381. The Kier molecular flexibility index (Phi) is 2.01. The Labute approximate surface area is 39.9 Å². The molecule has 0 fully saturated rings. The largest absolute Gasteiger partial charge is 0.376 e. The predicted molar refractivity (Wildman–Crippen MR) is 20.9 cm³/mol. The summed E-state index contributed by atoms with van der Waals surface area (Å²) in [7, 11) is 0. The standard InChI is InChI=1S/C3H4NO3/c4-3(7)2(6)1-5/h2,6H,(H2,4,7). The first-order valence-electron chi connectivity index (χ1n) is 1.53. The number of nitrogens with two attached hydrogens (primary N) is 1. The van der Waals surface area contributed by atoms with Crippen LogP contribution >= 0.6 is 0 Å². The van der Waals surface area contributed by atoms with E-state index in [0.717, 1.165) is 6.29 Å².